The van der Waals surface area contributed by atoms with Gasteiger partial charge in [0.2, 0.25) is 5.95 Å². The average Bonchev–Trinajstić information content (AvgIpc) is 3.52. The van der Waals surface area contributed by atoms with E-state index in [9.17, 15) is 0 Å². The van der Waals surface area contributed by atoms with Gasteiger partial charge in [0, 0.05) is 38.9 Å². The first kappa shape index (κ1) is 22.4. The first-order valence-corrected chi connectivity index (χ1v) is 13.3. The number of fused-ring (bicyclic) bond motifs is 6. The molecular formula is C35H23N5. The third-order valence-electron chi connectivity index (χ3n) is 7.57. The lowest BCUT2D eigenvalue weighted by Gasteiger charge is -2.11. The summed E-state index contributed by atoms with van der Waals surface area (Å²) in [4.78, 5) is 15.0. The van der Waals surface area contributed by atoms with E-state index in [1.807, 2.05) is 66.9 Å². The van der Waals surface area contributed by atoms with Crippen molar-refractivity contribution in [2.75, 3.05) is 0 Å². The van der Waals surface area contributed by atoms with E-state index in [0.717, 1.165) is 49.4 Å². The Labute approximate surface area is 230 Å². The molecule has 0 aliphatic heterocycles. The fourth-order valence-corrected chi connectivity index (χ4v) is 5.77. The number of benzene rings is 5. The van der Waals surface area contributed by atoms with E-state index in [2.05, 4.69) is 76.4 Å². The second-order valence-corrected chi connectivity index (χ2v) is 9.82. The summed E-state index contributed by atoms with van der Waals surface area (Å²) in [7, 11) is 0. The number of hydrogen-bond donors (Lipinski definition) is 0. The lowest BCUT2D eigenvalue weighted by Crippen LogP contribution is -2.06. The van der Waals surface area contributed by atoms with E-state index in [1.165, 1.54) is 5.39 Å². The van der Waals surface area contributed by atoms with Crippen LogP contribution in [0, 0.1) is 0 Å². The molecule has 40 heavy (non-hydrogen) atoms. The highest BCUT2D eigenvalue weighted by atomic mass is 15.2. The third kappa shape index (κ3) is 3.31. The van der Waals surface area contributed by atoms with Gasteiger partial charge in [0.25, 0.3) is 0 Å². The SMILES string of the molecule is C=Cn1c2ccccc2c2cc3c(cc21)c1ccccc1n3-c1nc(-c2ccccc2)nc(-c2ccccc2)n1. The van der Waals surface area contributed by atoms with Crippen LogP contribution < -0.4 is 0 Å². The number of aromatic nitrogens is 5. The Morgan fingerprint density at radius 2 is 0.975 bits per heavy atom. The molecule has 0 bridgehead atoms. The van der Waals surface area contributed by atoms with Crippen molar-refractivity contribution in [3.8, 4) is 28.7 Å². The van der Waals surface area contributed by atoms with Gasteiger partial charge in [-0.25, -0.2) is 4.98 Å². The normalized spacial score (nSPS) is 11.6. The Morgan fingerprint density at radius 3 is 1.60 bits per heavy atom. The minimum atomic E-state index is 0.589. The van der Waals surface area contributed by atoms with Gasteiger partial charge in [-0.3, -0.25) is 4.57 Å². The molecule has 0 atom stereocenters. The van der Waals surface area contributed by atoms with Crippen LogP contribution in [0.15, 0.2) is 128 Å². The lowest BCUT2D eigenvalue weighted by molar-refractivity contribution is 0.954. The van der Waals surface area contributed by atoms with E-state index in [0.29, 0.717) is 17.6 Å². The molecule has 8 aromatic rings. The average molecular weight is 514 g/mol. The second kappa shape index (κ2) is 8.75. The summed E-state index contributed by atoms with van der Waals surface area (Å²) in [5, 5.41) is 4.62. The van der Waals surface area contributed by atoms with Crippen LogP contribution in [0.2, 0.25) is 0 Å². The molecule has 3 heterocycles. The van der Waals surface area contributed by atoms with Crippen molar-refractivity contribution < 1.29 is 0 Å². The summed E-state index contributed by atoms with van der Waals surface area (Å²) < 4.78 is 4.34. The van der Waals surface area contributed by atoms with Crippen LogP contribution in [0.1, 0.15) is 0 Å². The molecule has 0 fully saturated rings. The summed E-state index contributed by atoms with van der Waals surface area (Å²) >= 11 is 0. The maximum absolute atomic E-state index is 5.06. The van der Waals surface area contributed by atoms with Gasteiger partial charge in [0.1, 0.15) is 0 Å². The lowest BCUT2D eigenvalue weighted by atomic mass is 10.1. The summed E-state index contributed by atoms with van der Waals surface area (Å²) in [5.74, 6) is 1.87. The first-order chi connectivity index (χ1) is 19.8. The Hall–Kier alpha value is -5.55. The molecule has 0 spiro atoms. The minimum Gasteiger partial charge on any atom is -0.317 e. The van der Waals surface area contributed by atoms with Crippen LogP contribution in [-0.2, 0) is 0 Å². The zero-order valence-electron chi connectivity index (χ0n) is 21.6. The zero-order chi connectivity index (χ0) is 26.6. The maximum Gasteiger partial charge on any atom is 0.238 e. The molecule has 0 N–H and O–H groups in total. The molecule has 188 valence electrons. The maximum atomic E-state index is 5.06. The quantitative estimate of drug-likeness (QED) is 0.237. The second-order valence-electron chi connectivity index (χ2n) is 9.82. The molecule has 0 amide bonds. The molecule has 0 unspecified atom stereocenters. The molecular weight excluding hydrogens is 490 g/mol. The van der Waals surface area contributed by atoms with Gasteiger partial charge in [-0.1, -0.05) is 104 Å². The van der Waals surface area contributed by atoms with E-state index >= 15 is 0 Å². The fraction of sp³-hybridized carbons (Fsp3) is 0. The molecule has 0 saturated heterocycles. The highest BCUT2D eigenvalue weighted by Gasteiger charge is 2.20. The Morgan fingerprint density at radius 1 is 0.475 bits per heavy atom. The van der Waals surface area contributed by atoms with Gasteiger partial charge in [0.05, 0.1) is 22.1 Å². The van der Waals surface area contributed by atoms with Crippen molar-refractivity contribution in [2.24, 2.45) is 0 Å². The van der Waals surface area contributed by atoms with Gasteiger partial charge in [-0.15, -0.1) is 0 Å². The van der Waals surface area contributed by atoms with Crippen LogP contribution in [0.4, 0.5) is 0 Å². The van der Waals surface area contributed by atoms with E-state index in [-0.39, 0.29) is 0 Å². The Bertz CT molecular complexity index is 2170. The molecule has 0 aliphatic carbocycles. The van der Waals surface area contributed by atoms with Crippen LogP contribution in [0.5, 0.6) is 0 Å². The third-order valence-corrected chi connectivity index (χ3v) is 7.57. The predicted octanol–water partition coefficient (Wildman–Crippen LogP) is 8.51. The van der Waals surface area contributed by atoms with Crippen molar-refractivity contribution in [2.45, 2.75) is 0 Å². The molecule has 5 nitrogen and oxygen atoms in total. The van der Waals surface area contributed by atoms with Crippen LogP contribution >= 0.6 is 0 Å². The number of nitrogens with zero attached hydrogens (tertiary/aromatic N) is 5. The van der Waals surface area contributed by atoms with E-state index in [4.69, 9.17) is 15.0 Å². The monoisotopic (exact) mass is 513 g/mol. The standard InChI is InChI=1S/C35H23N5/c1-2-39-29-19-11-9-17-25(29)27-22-32-28(21-31(27)39)26-18-10-12-20-30(26)40(32)35-37-33(23-13-5-3-6-14-23)36-34(38-35)24-15-7-4-8-16-24/h2-22H,1H2. The Kier molecular flexibility index (Phi) is 4.91. The van der Waals surface area contributed by atoms with Crippen molar-refractivity contribution in [3.05, 3.63) is 128 Å². The van der Waals surface area contributed by atoms with Crippen LogP contribution in [-0.4, -0.2) is 24.1 Å². The Balaban J connectivity index is 1.50. The largest absolute Gasteiger partial charge is 0.317 e. The molecule has 0 radical (unpaired) electrons. The number of rotatable bonds is 4. The molecule has 0 saturated carbocycles. The fourth-order valence-electron chi connectivity index (χ4n) is 5.77. The zero-order valence-corrected chi connectivity index (χ0v) is 21.6. The minimum absolute atomic E-state index is 0.589. The van der Waals surface area contributed by atoms with Crippen LogP contribution in [0.3, 0.4) is 0 Å². The van der Waals surface area contributed by atoms with Crippen molar-refractivity contribution in [1.29, 1.82) is 0 Å². The van der Waals surface area contributed by atoms with E-state index < -0.39 is 0 Å². The topological polar surface area (TPSA) is 48.5 Å². The molecule has 5 aromatic carbocycles. The number of para-hydroxylation sites is 2. The van der Waals surface area contributed by atoms with Crippen molar-refractivity contribution in [3.63, 3.8) is 0 Å². The molecule has 3 aromatic heterocycles. The van der Waals surface area contributed by atoms with Gasteiger partial charge >= 0.3 is 0 Å². The summed E-state index contributed by atoms with van der Waals surface area (Å²) in [6, 6.07) is 41.6. The first-order valence-electron chi connectivity index (χ1n) is 13.3. The summed E-state index contributed by atoms with van der Waals surface area (Å²) in [5.41, 5.74) is 6.24. The summed E-state index contributed by atoms with van der Waals surface area (Å²) in [6.45, 7) is 4.11. The highest BCUT2D eigenvalue weighted by molar-refractivity contribution is 6.18. The molecule has 5 heteroatoms. The van der Waals surface area contributed by atoms with Gasteiger partial charge in [0.15, 0.2) is 11.6 Å². The van der Waals surface area contributed by atoms with Gasteiger partial charge in [-0.05, 0) is 24.3 Å². The predicted molar refractivity (Wildman–Crippen MR) is 164 cm³/mol. The van der Waals surface area contributed by atoms with Gasteiger partial charge < -0.3 is 4.57 Å². The van der Waals surface area contributed by atoms with Crippen molar-refractivity contribution in [1.82, 2.24) is 24.1 Å². The van der Waals surface area contributed by atoms with Crippen molar-refractivity contribution >= 4 is 49.8 Å². The molecule has 0 aliphatic rings. The molecule has 8 rings (SSSR count). The number of hydrogen-bond acceptors (Lipinski definition) is 3. The van der Waals surface area contributed by atoms with Gasteiger partial charge in [-0.2, -0.15) is 9.97 Å². The van der Waals surface area contributed by atoms with E-state index in [1.54, 1.807) is 0 Å². The van der Waals surface area contributed by atoms with Crippen LogP contribution in [0.25, 0.3) is 78.5 Å². The highest BCUT2D eigenvalue weighted by Crippen LogP contribution is 2.38. The summed E-state index contributed by atoms with van der Waals surface area (Å²) in [6.07, 6.45) is 1.89. The smallest absolute Gasteiger partial charge is 0.238 e.